The molecule has 3 nitrogen and oxygen atoms in total. The van der Waals surface area contributed by atoms with Gasteiger partial charge in [-0.2, -0.15) is 0 Å². The number of carbonyl (C=O) groups excluding carboxylic acids is 1. The summed E-state index contributed by atoms with van der Waals surface area (Å²) in [6, 6.07) is 4.25. The normalized spacial score (nSPS) is 17.9. The molecule has 1 aromatic rings. The van der Waals surface area contributed by atoms with Crippen molar-refractivity contribution in [3.63, 3.8) is 0 Å². The summed E-state index contributed by atoms with van der Waals surface area (Å²) < 4.78 is 13.2. The van der Waals surface area contributed by atoms with Crippen molar-refractivity contribution in [2.75, 3.05) is 19.6 Å². The van der Waals surface area contributed by atoms with Crippen molar-refractivity contribution in [2.45, 2.75) is 12.8 Å². The third-order valence-corrected chi connectivity index (χ3v) is 3.58. The number of benzene rings is 1. The minimum atomic E-state index is -0.565. The molecule has 2 N–H and O–H groups in total. The Balaban J connectivity index is 0.00000180. The zero-order chi connectivity index (χ0) is 13.0. The molecule has 1 aliphatic heterocycles. The topological polar surface area (TPSA) is 41.1 Å². The Bertz CT molecular complexity index is 437. The van der Waals surface area contributed by atoms with Crippen molar-refractivity contribution >= 4 is 29.9 Å². The van der Waals surface area contributed by atoms with Gasteiger partial charge in [0.05, 0.1) is 10.6 Å². The monoisotopic (exact) mass is 306 g/mol. The molecule has 1 aromatic carbocycles. The van der Waals surface area contributed by atoms with Gasteiger partial charge in [0.2, 0.25) is 0 Å². The Morgan fingerprint density at radius 3 is 3.00 bits per heavy atom. The van der Waals surface area contributed by atoms with Crippen LogP contribution >= 0.6 is 24.0 Å². The Kier molecular flexibility index (Phi) is 6.55. The molecule has 0 radical (unpaired) electrons. The van der Waals surface area contributed by atoms with E-state index >= 15 is 0 Å². The van der Waals surface area contributed by atoms with E-state index in [0.717, 1.165) is 25.9 Å². The van der Waals surface area contributed by atoms with E-state index in [1.54, 1.807) is 0 Å². The molecule has 0 bridgehead atoms. The highest BCUT2D eigenvalue weighted by Crippen LogP contribution is 2.19. The second kappa shape index (κ2) is 7.68. The molecule has 2 rings (SSSR count). The molecule has 1 saturated heterocycles. The number of carbonyl (C=O) groups is 1. The summed E-state index contributed by atoms with van der Waals surface area (Å²) in [5.74, 6) is -0.261. The molecule has 0 saturated carbocycles. The minimum absolute atomic E-state index is 0. The van der Waals surface area contributed by atoms with E-state index in [1.165, 1.54) is 18.2 Å². The van der Waals surface area contributed by atoms with Gasteiger partial charge >= 0.3 is 0 Å². The fourth-order valence-corrected chi connectivity index (χ4v) is 2.34. The number of rotatable bonds is 4. The molecular formula is C13H17Cl2FN2O. The summed E-state index contributed by atoms with van der Waals surface area (Å²) in [4.78, 5) is 11.8. The first-order chi connectivity index (χ1) is 8.68. The van der Waals surface area contributed by atoms with Gasteiger partial charge in [-0.3, -0.25) is 4.79 Å². The van der Waals surface area contributed by atoms with Gasteiger partial charge in [0.15, 0.2) is 0 Å². The first-order valence-electron chi connectivity index (χ1n) is 6.11. The molecule has 19 heavy (non-hydrogen) atoms. The molecule has 0 aliphatic carbocycles. The molecule has 6 heteroatoms. The van der Waals surface area contributed by atoms with Crippen LogP contribution in [-0.4, -0.2) is 25.5 Å². The summed E-state index contributed by atoms with van der Waals surface area (Å²) in [6.07, 6.45) is 2.09. The van der Waals surface area contributed by atoms with Crippen LogP contribution in [0.3, 0.4) is 0 Å². The van der Waals surface area contributed by atoms with Crippen molar-refractivity contribution in [3.8, 4) is 0 Å². The Morgan fingerprint density at radius 2 is 2.32 bits per heavy atom. The maximum atomic E-state index is 13.2. The van der Waals surface area contributed by atoms with Crippen LogP contribution in [0.2, 0.25) is 5.02 Å². The number of hydrogen-bond donors (Lipinski definition) is 2. The van der Waals surface area contributed by atoms with E-state index in [9.17, 15) is 9.18 Å². The molecule has 106 valence electrons. The molecule has 0 aromatic heterocycles. The average Bonchev–Trinajstić information content (AvgIpc) is 2.85. The number of hydrogen-bond acceptors (Lipinski definition) is 2. The van der Waals surface area contributed by atoms with Crippen molar-refractivity contribution in [3.05, 3.63) is 34.6 Å². The van der Waals surface area contributed by atoms with Crippen LogP contribution < -0.4 is 10.6 Å². The van der Waals surface area contributed by atoms with E-state index in [-0.39, 0.29) is 28.9 Å². The molecule has 0 spiro atoms. The van der Waals surface area contributed by atoms with Crippen LogP contribution in [0.25, 0.3) is 0 Å². The van der Waals surface area contributed by atoms with Gasteiger partial charge in [-0.25, -0.2) is 4.39 Å². The van der Waals surface area contributed by atoms with E-state index < -0.39 is 5.82 Å². The van der Waals surface area contributed by atoms with Crippen LogP contribution in [-0.2, 0) is 0 Å². The molecular weight excluding hydrogens is 290 g/mol. The third-order valence-electron chi connectivity index (χ3n) is 3.20. The minimum Gasteiger partial charge on any atom is -0.352 e. The van der Waals surface area contributed by atoms with Crippen LogP contribution in [0.1, 0.15) is 23.2 Å². The van der Waals surface area contributed by atoms with Crippen LogP contribution in [0, 0.1) is 11.7 Å². The third kappa shape index (κ3) is 4.34. The van der Waals surface area contributed by atoms with Gasteiger partial charge in [-0.1, -0.05) is 17.7 Å². The molecule has 1 unspecified atom stereocenters. The molecule has 1 amide bonds. The lowest BCUT2D eigenvalue weighted by atomic mass is 10.1. The highest BCUT2D eigenvalue weighted by atomic mass is 35.5. The predicted octanol–water partition coefficient (Wildman–Crippen LogP) is 2.63. The fourth-order valence-electron chi connectivity index (χ4n) is 2.13. The fraction of sp³-hybridized carbons (Fsp3) is 0.462. The average molecular weight is 307 g/mol. The Hall–Kier alpha value is -0.840. The summed E-state index contributed by atoms with van der Waals surface area (Å²) in [7, 11) is 0. The van der Waals surface area contributed by atoms with E-state index in [1.807, 2.05) is 0 Å². The highest BCUT2D eigenvalue weighted by Gasteiger charge is 2.16. The lowest BCUT2D eigenvalue weighted by molar-refractivity contribution is 0.0951. The zero-order valence-corrected chi connectivity index (χ0v) is 12.0. The molecule has 1 fully saturated rings. The first-order valence-corrected chi connectivity index (χ1v) is 6.49. The summed E-state index contributed by atoms with van der Waals surface area (Å²) in [5.41, 5.74) is 0.196. The van der Waals surface area contributed by atoms with Crippen molar-refractivity contribution < 1.29 is 9.18 Å². The lowest BCUT2D eigenvalue weighted by Crippen LogP contribution is -2.26. The Labute approximate surface area is 123 Å². The SMILES string of the molecule is Cl.O=C(NCCC1CCNC1)c1cccc(F)c1Cl. The van der Waals surface area contributed by atoms with Crippen molar-refractivity contribution in [1.29, 1.82) is 0 Å². The van der Waals surface area contributed by atoms with E-state index in [0.29, 0.717) is 12.5 Å². The summed E-state index contributed by atoms with van der Waals surface area (Å²) in [5, 5.41) is 5.94. The second-order valence-corrected chi connectivity index (χ2v) is 4.88. The number of nitrogens with one attached hydrogen (secondary N) is 2. The Morgan fingerprint density at radius 1 is 1.53 bits per heavy atom. The molecule has 1 aliphatic rings. The summed E-state index contributed by atoms with van der Waals surface area (Å²) >= 11 is 5.75. The van der Waals surface area contributed by atoms with Gasteiger partial charge in [0.25, 0.3) is 5.91 Å². The van der Waals surface area contributed by atoms with Crippen molar-refractivity contribution in [1.82, 2.24) is 10.6 Å². The molecule has 1 atom stereocenters. The smallest absolute Gasteiger partial charge is 0.252 e. The summed E-state index contributed by atoms with van der Waals surface area (Å²) in [6.45, 7) is 2.66. The van der Waals surface area contributed by atoms with Gasteiger partial charge in [0, 0.05) is 6.54 Å². The molecule has 1 heterocycles. The van der Waals surface area contributed by atoms with E-state index in [4.69, 9.17) is 11.6 Å². The van der Waals surface area contributed by atoms with Crippen molar-refractivity contribution in [2.24, 2.45) is 5.92 Å². The maximum Gasteiger partial charge on any atom is 0.252 e. The maximum absolute atomic E-state index is 13.2. The van der Waals surface area contributed by atoms with Crippen LogP contribution in [0.5, 0.6) is 0 Å². The number of amides is 1. The zero-order valence-electron chi connectivity index (χ0n) is 10.4. The standard InChI is InChI=1S/C13H16ClFN2O.ClH/c14-12-10(2-1-3-11(12)15)13(18)17-7-5-9-4-6-16-8-9;/h1-3,9,16H,4-8H2,(H,17,18);1H. The van der Waals surface area contributed by atoms with E-state index in [2.05, 4.69) is 10.6 Å². The van der Waals surface area contributed by atoms with Crippen LogP contribution in [0.15, 0.2) is 18.2 Å². The second-order valence-electron chi connectivity index (χ2n) is 4.50. The van der Waals surface area contributed by atoms with Gasteiger partial charge in [-0.15, -0.1) is 12.4 Å². The first kappa shape index (κ1) is 16.2. The highest BCUT2D eigenvalue weighted by molar-refractivity contribution is 6.34. The van der Waals surface area contributed by atoms with Gasteiger partial charge in [0.1, 0.15) is 5.82 Å². The quantitative estimate of drug-likeness (QED) is 0.898. The predicted molar refractivity (Wildman–Crippen MR) is 76.6 cm³/mol. The number of halogens is 3. The lowest BCUT2D eigenvalue weighted by Gasteiger charge is -2.10. The van der Waals surface area contributed by atoms with Gasteiger partial charge < -0.3 is 10.6 Å². The van der Waals surface area contributed by atoms with Gasteiger partial charge in [-0.05, 0) is 44.0 Å². The van der Waals surface area contributed by atoms with Crippen LogP contribution in [0.4, 0.5) is 4.39 Å². The largest absolute Gasteiger partial charge is 0.352 e.